The number of amides is 1. The smallest absolute Gasteiger partial charge is 0.331 e. The topological polar surface area (TPSA) is 55.4 Å². The number of carbonyl (C=O) groups is 2. The van der Waals surface area contributed by atoms with Gasteiger partial charge in [0.05, 0.1) is 0 Å². The Balaban J connectivity index is 1.58. The number of halogens is 1. The Hall–Kier alpha value is -3.11. The zero-order valence-electron chi connectivity index (χ0n) is 14.7. The number of anilines is 1. The van der Waals surface area contributed by atoms with E-state index >= 15 is 0 Å². The molecule has 5 heteroatoms. The zero-order chi connectivity index (χ0) is 19.2. The summed E-state index contributed by atoms with van der Waals surface area (Å²) in [5.41, 5.74) is 2.26. The van der Waals surface area contributed by atoms with Crippen LogP contribution in [-0.2, 0) is 14.3 Å². The summed E-state index contributed by atoms with van der Waals surface area (Å²) in [6, 6.07) is 19.0. The van der Waals surface area contributed by atoms with Crippen molar-refractivity contribution in [3.8, 4) is 0 Å². The van der Waals surface area contributed by atoms with Crippen LogP contribution < -0.4 is 5.32 Å². The summed E-state index contributed by atoms with van der Waals surface area (Å²) in [7, 11) is 0. The van der Waals surface area contributed by atoms with Crippen molar-refractivity contribution in [2.24, 2.45) is 0 Å². The maximum Gasteiger partial charge on any atom is 0.331 e. The van der Waals surface area contributed by atoms with Crippen molar-refractivity contribution >= 4 is 46.0 Å². The van der Waals surface area contributed by atoms with E-state index in [1.165, 1.54) is 6.08 Å². The first kappa shape index (κ1) is 18.7. The van der Waals surface area contributed by atoms with E-state index in [2.05, 4.69) is 5.32 Å². The summed E-state index contributed by atoms with van der Waals surface area (Å²) in [5, 5.41) is 5.37. The molecule has 1 N–H and O–H groups in total. The molecule has 0 spiro atoms. The van der Waals surface area contributed by atoms with Gasteiger partial charge in [-0.3, -0.25) is 4.79 Å². The molecule has 3 aromatic carbocycles. The number of ether oxygens (including phenoxy) is 1. The fourth-order valence-electron chi connectivity index (χ4n) is 2.67. The van der Waals surface area contributed by atoms with E-state index in [1.807, 2.05) is 42.5 Å². The van der Waals surface area contributed by atoms with Crippen molar-refractivity contribution in [3.05, 3.63) is 82.9 Å². The zero-order valence-corrected chi connectivity index (χ0v) is 15.5. The highest BCUT2D eigenvalue weighted by atomic mass is 35.5. The normalized spacial score (nSPS) is 10.9. The summed E-state index contributed by atoms with van der Waals surface area (Å²) in [4.78, 5) is 23.9. The number of carbonyl (C=O) groups excluding carboxylic acids is 2. The lowest BCUT2D eigenvalue weighted by molar-refractivity contribution is -0.142. The molecule has 136 valence electrons. The first-order valence-electron chi connectivity index (χ1n) is 8.42. The molecular weight excluding hydrogens is 362 g/mol. The van der Waals surface area contributed by atoms with Crippen molar-refractivity contribution in [2.75, 3.05) is 11.9 Å². The van der Waals surface area contributed by atoms with Gasteiger partial charge >= 0.3 is 5.97 Å². The molecule has 0 aliphatic heterocycles. The number of nitrogens with one attached hydrogen (secondary N) is 1. The van der Waals surface area contributed by atoms with Gasteiger partial charge < -0.3 is 10.1 Å². The second-order valence-corrected chi connectivity index (χ2v) is 6.38. The Labute approximate surface area is 162 Å². The molecule has 3 aromatic rings. The molecule has 0 saturated heterocycles. The first-order valence-corrected chi connectivity index (χ1v) is 8.80. The Morgan fingerprint density at radius 1 is 1.04 bits per heavy atom. The number of hydrogen-bond donors (Lipinski definition) is 1. The predicted molar refractivity (Wildman–Crippen MR) is 109 cm³/mol. The third-order valence-corrected chi connectivity index (χ3v) is 4.52. The van der Waals surface area contributed by atoms with E-state index in [0.717, 1.165) is 21.9 Å². The van der Waals surface area contributed by atoms with Crippen molar-refractivity contribution in [1.82, 2.24) is 0 Å². The second-order valence-electron chi connectivity index (χ2n) is 5.97. The van der Waals surface area contributed by atoms with Gasteiger partial charge in [-0.05, 0) is 47.0 Å². The SMILES string of the molecule is Cc1c(Cl)cccc1NC(=O)COC(=O)/C=C/c1cccc2ccccc12. The molecule has 0 unspecified atom stereocenters. The van der Waals surface area contributed by atoms with Crippen LogP contribution in [0.3, 0.4) is 0 Å². The molecule has 0 saturated carbocycles. The van der Waals surface area contributed by atoms with Crippen molar-refractivity contribution < 1.29 is 14.3 Å². The molecule has 0 bridgehead atoms. The predicted octanol–water partition coefficient (Wildman–Crippen LogP) is 5.00. The maximum atomic E-state index is 12.0. The van der Waals surface area contributed by atoms with Gasteiger partial charge in [0, 0.05) is 16.8 Å². The first-order chi connectivity index (χ1) is 13.0. The minimum Gasteiger partial charge on any atom is -0.452 e. The van der Waals surface area contributed by atoms with Crippen molar-refractivity contribution in [1.29, 1.82) is 0 Å². The molecule has 1 amide bonds. The molecule has 3 rings (SSSR count). The lowest BCUT2D eigenvalue weighted by Crippen LogP contribution is -2.20. The fraction of sp³-hybridized carbons (Fsp3) is 0.0909. The van der Waals surface area contributed by atoms with Gasteiger partial charge in [0.25, 0.3) is 5.91 Å². The van der Waals surface area contributed by atoms with E-state index in [4.69, 9.17) is 16.3 Å². The monoisotopic (exact) mass is 379 g/mol. The highest BCUT2D eigenvalue weighted by Gasteiger charge is 2.09. The van der Waals surface area contributed by atoms with Crippen LogP contribution in [0.4, 0.5) is 5.69 Å². The molecule has 0 atom stereocenters. The highest BCUT2D eigenvalue weighted by molar-refractivity contribution is 6.31. The molecule has 4 nitrogen and oxygen atoms in total. The van der Waals surface area contributed by atoms with Crippen molar-refractivity contribution in [3.63, 3.8) is 0 Å². The van der Waals surface area contributed by atoms with Crippen LogP contribution in [0.2, 0.25) is 5.02 Å². The van der Waals surface area contributed by atoms with Gasteiger partial charge in [-0.15, -0.1) is 0 Å². The van der Waals surface area contributed by atoms with E-state index in [9.17, 15) is 9.59 Å². The molecule has 0 heterocycles. The minimum absolute atomic E-state index is 0.370. The standard InChI is InChI=1S/C22H18ClNO3/c1-15-19(23)10-5-11-20(15)24-21(25)14-27-22(26)13-12-17-8-4-7-16-6-2-3-9-18(16)17/h2-13H,14H2,1H3,(H,24,25)/b13-12+. The summed E-state index contributed by atoms with van der Waals surface area (Å²) in [6.07, 6.45) is 3.00. The summed E-state index contributed by atoms with van der Waals surface area (Å²) in [5.74, 6) is -1.01. The number of rotatable bonds is 5. The molecule has 0 aliphatic carbocycles. The van der Waals surface area contributed by atoms with Crippen LogP contribution in [0.15, 0.2) is 66.7 Å². The molecule has 0 aliphatic rings. The van der Waals surface area contributed by atoms with Crippen LogP contribution in [-0.4, -0.2) is 18.5 Å². The molecule has 0 aromatic heterocycles. The number of fused-ring (bicyclic) bond motifs is 1. The Morgan fingerprint density at radius 2 is 1.78 bits per heavy atom. The van der Waals surface area contributed by atoms with Crippen LogP contribution in [0.25, 0.3) is 16.8 Å². The largest absolute Gasteiger partial charge is 0.452 e. The second kappa shape index (κ2) is 8.52. The van der Waals surface area contributed by atoms with Crippen LogP contribution in [0, 0.1) is 6.92 Å². The van der Waals surface area contributed by atoms with E-state index < -0.39 is 11.9 Å². The van der Waals surface area contributed by atoms with Crippen LogP contribution >= 0.6 is 11.6 Å². The summed E-state index contributed by atoms with van der Waals surface area (Å²) >= 11 is 6.02. The Kier molecular flexibility index (Phi) is 5.89. The molecule has 0 radical (unpaired) electrons. The van der Waals surface area contributed by atoms with E-state index in [-0.39, 0.29) is 6.61 Å². The number of esters is 1. The van der Waals surface area contributed by atoms with Crippen LogP contribution in [0.5, 0.6) is 0 Å². The minimum atomic E-state index is -0.582. The van der Waals surface area contributed by atoms with Gasteiger partial charge in [-0.1, -0.05) is 60.1 Å². The Morgan fingerprint density at radius 3 is 2.63 bits per heavy atom. The lowest BCUT2D eigenvalue weighted by Gasteiger charge is -2.09. The third kappa shape index (κ3) is 4.74. The van der Waals surface area contributed by atoms with E-state index in [0.29, 0.717) is 10.7 Å². The van der Waals surface area contributed by atoms with Crippen molar-refractivity contribution in [2.45, 2.75) is 6.92 Å². The summed E-state index contributed by atoms with van der Waals surface area (Å²) < 4.78 is 5.01. The summed E-state index contributed by atoms with van der Waals surface area (Å²) in [6.45, 7) is 1.43. The fourth-order valence-corrected chi connectivity index (χ4v) is 2.84. The van der Waals surface area contributed by atoms with Gasteiger partial charge in [0.15, 0.2) is 6.61 Å². The van der Waals surface area contributed by atoms with Gasteiger partial charge in [0.2, 0.25) is 0 Å². The quantitative estimate of drug-likeness (QED) is 0.501. The highest BCUT2D eigenvalue weighted by Crippen LogP contribution is 2.23. The maximum absolute atomic E-state index is 12.0. The number of hydrogen-bond acceptors (Lipinski definition) is 3. The molecule has 27 heavy (non-hydrogen) atoms. The molecule has 0 fully saturated rings. The Bertz CT molecular complexity index is 1020. The van der Waals surface area contributed by atoms with Crippen LogP contribution in [0.1, 0.15) is 11.1 Å². The van der Waals surface area contributed by atoms with Gasteiger partial charge in [0.1, 0.15) is 0 Å². The van der Waals surface area contributed by atoms with Gasteiger partial charge in [-0.25, -0.2) is 4.79 Å². The van der Waals surface area contributed by atoms with Gasteiger partial charge in [-0.2, -0.15) is 0 Å². The average molecular weight is 380 g/mol. The molecular formula is C22H18ClNO3. The van der Waals surface area contributed by atoms with E-state index in [1.54, 1.807) is 31.2 Å². The third-order valence-electron chi connectivity index (χ3n) is 4.11. The lowest BCUT2D eigenvalue weighted by atomic mass is 10.0. The average Bonchev–Trinajstić information content (AvgIpc) is 2.68. The number of benzene rings is 3.